The highest BCUT2D eigenvalue weighted by Crippen LogP contribution is 2.24. The molecule has 0 saturated heterocycles. The third-order valence-electron chi connectivity index (χ3n) is 3.96. The Labute approximate surface area is 151 Å². The number of carbonyl (C=O) groups is 1. The second-order valence-electron chi connectivity index (χ2n) is 5.76. The van der Waals surface area contributed by atoms with Gasteiger partial charge in [0.05, 0.1) is 5.75 Å². The predicted octanol–water partition coefficient (Wildman–Crippen LogP) is 2.03. The van der Waals surface area contributed by atoms with Crippen molar-refractivity contribution >= 4 is 44.1 Å². The van der Waals surface area contributed by atoms with Crippen LogP contribution in [0.2, 0.25) is 0 Å². The molecule has 0 radical (unpaired) electrons. The van der Waals surface area contributed by atoms with Crippen molar-refractivity contribution in [2.45, 2.75) is 31.1 Å². The Morgan fingerprint density at radius 1 is 1.26 bits per heavy atom. The first-order valence-corrected chi connectivity index (χ1v) is 9.95. The average Bonchev–Trinajstić information content (AvgIpc) is 2.87. The first-order valence-electron chi connectivity index (χ1n) is 7.34. The van der Waals surface area contributed by atoms with E-state index in [1.54, 1.807) is 24.3 Å². The van der Waals surface area contributed by atoms with Gasteiger partial charge in [-0.25, -0.2) is 8.42 Å². The van der Waals surface area contributed by atoms with E-state index >= 15 is 0 Å². The summed E-state index contributed by atoms with van der Waals surface area (Å²) in [4.78, 5) is 12.0. The average molecular weight is 426 g/mol. The Hall–Kier alpha value is -0.630. The first kappa shape index (κ1) is 20.4. The summed E-state index contributed by atoms with van der Waals surface area (Å²) < 4.78 is 25.1. The van der Waals surface area contributed by atoms with Crippen LogP contribution in [0.25, 0.3) is 0 Å². The van der Waals surface area contributed by atoms with E-state index < -0.39 is 21.5 Å². The van der Waals surface area contributed by atoms with Gasteiger partial charge in [0.2, 0.25) is 5.91 Å². The molecule has 1 aromatic carbocycles. The van der Waals surface area contributed by atoms with Crippen molar-refractivity contribution in [3.63, 3.8) is 0 Å². The molecule has 0 aliphatic heterocycles. The molecule has 2 rings (SSSR count). The highest BCUT2D eigenvalue weighted by atomic mass is 79.9. The van der Waals surface area contributed by atoms with Crippen LogP contribution < -0.4 is 11.1 Å². The summed E-state index contributed by atoms with van der Waals surface area (Å²) >= 11 is 3.30. The molecule has 0 aromatic heterocycles. The van der Waals surface area contributed by atoms with Gasteiger partial charge in [0.1, 0.15) is 5.75 Å². The van der Waals surface area contributed by atoms with Gasteiger partial charge >= 0.3 is 0 Å². The molecule has 1 aliphatic rings. The maximum absolute atomic E-state index is 12.1. The molecule has 2 atom stereocenters. The normalized spacial score (nSPS) is 20.8. The van der Waals surface area contributed by atoms with Crippen molar-refractivity contribution in [3.8, 4) is 0 Å². The molecular formula is C15H22BrClN2O3S. The molecule has 2 unspecified atom stereocenters. The number of halogens is 2. The number of amides is 1. The SMILES string of the molecule is Cl.NCC1CCCC1NC(=O)CS(=O)(=O)Cc1ccc(Br)cc1. The van der Waals surface area contributed by atoms with Crippen molar-refractivity contribution in [1.82, 2.24) is 5.32 Å². The molecule has 1 aliphatic carbocycles. The van der Waals surface area contributed by atoms with Gasteiger partial charge in [-0.3, -0.25) is 4.79 Å². The van der Waals surface area contributed by atoms with Crippen LogP contribution >= 0.6 is 28.3 Å². The zero-order valence-electron chi connectivity index (χ0n) is 12.7. The molecule has 5 nitrogen and oxygen atoms in total. The van der Waals surface area contributed by atoms with Gasteiger partial charge < -0.3 is 11.1 Å². The van der Waals surface area contributed by atoms with E-state index in [1.807, 2.05) is 0 Å². The summed E-state index contributed by atoms with van der Waals surface area (Å²) in [6.45, 7) is 0.524. The number of benzene rings is 1. The van der Waals surface area contributed by atoms with Crippen molar-refractivity contribution in [1.29, 1.82) is 0 Å². The number of nitrogens with two attached hydrogens (primary N) is 1. The van der Waals surface area contributed by atoms with Crippen molar-refractivity contribution < 1.29 is 13.2 Å². The second-order valence-corrected chi connectivity index (χ2v) is 8.74. The summed E-state index contributed by atoms with van der Waals surface area (Å²) in [5.41, 5.74) is 6.35. The fraction of sp³-hybridized carbons (Fsp3) is 0.533. The Balaban J connectivity index is 0.00000264. The number of rotatable bonds is 6. The molecule has 3 N–H and O–H groups in total. The largest absolute Gasteiger partial charge is 0.352 e. The minimum Gasteiger partial charge on any atom is -0.352 e. The quantitative estimate of drug-likeness (QED) is 0.730. The monoisotopic (exact) mass is 424 g/mol. The first-order chi connectivity index (χ1) is 10.4. The molecule has 130 valence electrons. The number of nitrogens with one attached hydrogen (secondary N) is 1. The molecular weight excluding hydrogens is 404 g/mol. The maximum Gasteiger partial charge on any atom is 0.235 e. The molecule has 0 spiro atoms. The number of carbonyl (C=O) groups excluding carboxylic acids is 1. The van der Waals surface area contributed by atoms with Crippen LogP contribution in [-0.4, -0.2) is 32.7 Å². The van der Waals surface area contributed by atoms with Crippen molar-refractivity contribution in [2.24, 2.45) is 11.7 Å². The van der Waals surface area contributed by atoms with Crippen LogP contribution in [0.15, 0.2) is 28.7 Å². The van der Waals surface area contributed by atoms with Gasteiger partial charge in [-0.05, 0) is 43.0 Å². The molecule has 23 heavy (non-hydrogen) atoms. The van der Waals surface area contributed by atoms with E-state index in [0.29, 0.717) is 12.1 Å². The van der Waals surface area contributed by atoms with E-state index in [9.17, 15) is 13.2 Å². The van der Waals surface area contributed by atoms with Crippen molar-refractivity contribution in [3.05, 3.63) is 34.3 Å². The Morgan fingerprint density at radius 3 is 2.52 bits per heavy atom. The third kappa shape index (κ3) is 6.41. The summed E-state index contributed by atoms with van der Waals surface area (Å²) in [7, 11) is -3.47. The van der Waals surface area contributed by atoms with Gasteiger partial charge in [0, 0.05) is 10.5 Å². The smallest absolute Gasteiger partial charge is 0.235 e. The van der Waals surface area contributed by atoms with E-state index in [1.165, 1.54) is 0 Å². The Morgan fingerprint density at radius 2 is 1.91 bits per heavy atom. The van der Waals surface area contributed by atoms with Gasteiger partial charge in [-0.1, -0.05) is 34.5 Å². The zero-order valence-corrected chi connectivity index (χ0v) is 15.9. The number of sulfone groups is 1. The van der Waals surface area contributed by atoms with Gasteiger partial charge in [-0.15, -0.1) is 12.4 Å². The summed E-state index contributed by atoms with van der Waals surface area (Å²) in [6, 6.07) is 7.06. The minimum atomic E-state index is -3.47. The lowest BCUT2D eigenvalue weighted by Gasteiger charge is -2.19. The lowest BCUT2D eigenvalue weighted by atomic mass is 10.0. The summed E-state index contributed by atoms with van der Waals surface area (Å²) in [6.07, 6.45) is 2.89. The maximum atomic E-state index is 12.1. The zero-order chi connectivity index (χ0) is 16.2. The lowest BCUT2D eigenvalue weighted by molar-refractivity contribution is -0.119. The van der Waals surface area contributed by atoms with E-state index in [-0.39, 0.29) is 30.1 Å². The molecule has 0 bridgehead atoms. The number of hydrogen-bond donors (Lipinski definition) is 2. The van der Waals surface area contributed by atoms with Crippen LogP contribution in [0.4, 0.5) is 0 Å². The standard InChI is InChI=1S/C15H21BrN2O3S.ClH/c16-13-6-4-11(5-7-13)9-22(20,21)10-15(19)18-14-3-1-2-12(14)8-17;/h4-7,12,14H,1-3,8-10,17H2,(H,18,19);1H. The van der Waals surface area contributed by atoms with Crippen LogP contribution in [0, 0.1) is 5.92 Å². The molecule has 1 saturated carbocycles. The molecule has 1 amide bonds. The fourth-order valence-corrected chi connectivity index (χ4v) is 4.39. The topological polar surface area (TPSA) is 89.3 Å². The minimum absolute atomic E-state index is 0. The van der Waals surface area contributed by atoms with Gasteiger partial charge in [-0.2, -0.15) is 0 Å². The second kappa shape index (κ2) is 9.01. The Kier molecular flexibility index (Phi) is 8.00. The summed E-state index contributed by atoms with van der Waals surface area (Å²) in [5, 5.41) is 2.83. The molecule has 8 heteroatoms. The van der Waals surface area contributed by atoms with Crippen LogP contribution in [0.1, 0.15) is 24.8 Å². The van der Waals surface area contributed by atoms with Gasteiger partial charge in [0.25, 0.3) is 0 Å². The van der Waals surface area contributed by atoms with Crippen LogP contribution in [0.3, 0.4) is 0 Å². The number of hydrogen-bond acceptors (Lipinski definition) is 4. The third-order valence-corrected chi connectivity index (χ3v) is 5.96. The predicted molar refractivity (Wildman–Crippen MR) is 97.2 cm³/mol. The molecule has 1 aromatic rings. The van der Waals surface area contributed by atoms with E-state index in [4.69, 9.17) is 5.73 Å². The fourth-order valence-electron chi connectivity index (χ4n) is 2.84. The summed E-state index contributed by atoms with van der Waals surface area (Å²) in [5.74, 6) is -0.768. The van der Waals surface area contributed by atoms with Crippen LogP contribution in [0.5, 0.6) is 0 Å². The van der Waals surface area contributed by atoms with Crippen molar-refractivity contribution in [2.75, 3.05) is 12.3 Å². The van der Waals surface area contributed by atoms with Crippen LogP contribution in [-0.2, 0) is 20.4 Å². The Bertz CT molecular complexity index is 622. The molecule has 1 fully saturated rings. The van der Waals surface area contributed by atoms with Gasteiger partial charge in [0.15, 0.2) is 9.84 Å². The molecule has 0 heterocycles. The van der Waals surface area contributed by atoms with E-state index in [2.05, 4.69) is 21.2 Å². The highest BCUT2D eigenvalue weighted by Gasteiger charge is 2.28. The highest BCUT2D eigenvalue weighted by molar-refractivity contribution is 9.10. The lowest BCUT2D eigenvalue weighted by Crippen LogP contribution is -2.42. The van der Waals surface area contributed by atoms with E-state index in [0.717, 1.165) is 23.7 Å².